The highest BCUT2D eigenvalue weighted by atomic mass is 16.3. The van der Waals surface area contributed by atoms with Gasteiger partial charge in [-0.3, -0.25) is 4.79 Å². The van der Waals surface area contributed by atoms with E-state index in [0.717, 1.165) is 24.8 Å². The van der Waals surface area contributed by atoms with Crippen LogP contribution in [0, 0.1) is 5.92 Å². The summed E-state index contributed by atoms with van der Waals surface area (Å²) in [6.45, 7) is 5.60. The number of aliphatic hydroxyl groups is 1. The SMILES string of the molecule is C=C(/C=C/C(C)O)CCC(=O)C1CCCCC1. The Morgan fingerprint density at radius 3 is 2.59 bits per heavy atom. The van der Waals surface area contributed by atoms with E-state index in [1.54, 1.807) is 13.0 Å². The highest BCUT2D eigenvalue weighted by Gasteiger charge is 2.20. The summed E-state index contributed by atoms with van der Waals surface area (Å²) in [4.78, 5) is 11.9. The first-order valence-electron chi connectivity index (χ1n) is 6.66. The van der Waals surface area contributed by atoms with Gasteiger partial charge in [0, 0.05) is 12.3 Å². The molecule has 0 aromatic rings. The van der Waals surface area contributed by atoms with E-state index < -0.39 is 6.10 Å². The lowest BCUT2D eigenvalue weighted by Gasteiger charge is -2.20. The molecule has 0 heterocycles. The third-order valence-electron chi connectivity index (χ3n) is 3.36. The molecule has 1 aliphatic rings. The largest absolute Gasteiger partial charge is 0.389 e. The zero-order valence-electron chi connectivity index (χ0n) is 10.8. The molecule has 1 N–H and O–H groups in total. The number of ketones is 1. The van der Waals surface area contributed by atoms with E-state index in [0.29, 0.717) is 18.1 Å². The van der Waals surface area contributed by atoms with Crippen molar-refractivity contribution < 1.29 is 9.90 Å². The van der Waals surface area contributed by atoms with Crippen LogP contribution in [0.1, 0.15) is 51.9 Å². The fraction of sp³-hybridized carbons (Fsp3) is 0.667. The van der Waals surface area contributed by atoms with Gasteiger partial charge in [0.1, 0.15) is 5.78 Å². The van der Waals surface area contributed by atoms with Crippen molar-refractivity contribution in [3.05, 3.63) is 24.3 Å². The normalized spacial score (nSPS) is 19.4. The maximum absolute atomic E-state index is 11.9. The van der Waals surface area contributed by atoms with Crippen molar-refractivity contribution in [1.82, 2.24) is 0 Å². The lowest BCUT2D eigenvalue weighted by molar-refractivity contribution is -0.123. The van der Waals surface area contributed by atoms with Crippen molar-refractivity contribution in [2.75, 3.05) is 0 Å². The Hall–Kier alpha value is -0.890. The minimum absolute atomic E-state index is 0.303. The number of Topliss-reactive ketones (excluding diaryl/α,β-unsaturated/α-hetero) is 1. The molecule has 2 nitrogen and oxygen atoms in total. The highest BCUT2D eigenvalue weighted by Crippen LogP contribution is 2.26. The predicted molar refractivity (Wildman–Crippen MR) is 70.8 cm³/mol. The van der Waals surface area contributed by atoms with E-state index in [4.69, 9.17) is 5.11 Å². The smallest absolute Gasteiger partial charge is 0.136 e. The molecule has 0 saturated heterocycles. The Balaban J connectivity index is 2.25. The Morgan fingerprint density at radius 2 is 2.00 bits per heavy atom. The fourth-order valence-corrected chi connectivity index (χ4v) is 2.27. The number of aliphatic hydroxyl groups excluding tert-OH is 1. The maximum Gasteiger partial charge on any atom is 0.136 e. The Bertz CT molecular complexity index is 283. The van der Waals surface area contributed by atoms with E-state index in [-0.39, 0.29) is 0 Å². The van der Waals surface area contributed by atoms with Gasteiger partial charge in [0.25, 0.3) is 0 Å². The molecule has 0 amide bonds. The summed E-state index contributed by atoms with van der Waals surface area (Å²) in [5.41, 5.74) is 0.926. The van der Waals surface area contributed by atoms with Crippen molar-refractivity contribution in [3.8, 4) is 0 Å². The molecule has 1 aliphatic carbocycles. The minimum atomic E-state index is -0.444. The summed E-state index contributed by atoms with van der Waals surface area (Å²) in [5.74, 6) is 0.702. The van der Waals surface area contributed by atoms with Crippen molar-refractivity contribution in [2.45, 2.75) is 58.0 Å². The molecule has 1 fully saturated rings. The van der Waals surface area contributed by atoms with Crippen LogP contribution >= 0.6 is 0 Å². The zero-order valence-corrected chi connectivity index (χ0v) is 10.8. The van der Waals surface area contributed by atoms with Crippen LogP contribution in [0.15, 0.2) is 24.3 Å². The fourth-order valence-electron chi connectivity index (χ4n) is 2.27. The van der Waals surface area contributed by atoms with E-state index in [9.17, 15) is 4.79 Å². The highest BCUT2D eigenvalue weighted by molar-refractivity contribution is 5.81. The Kier molecular flexibility index (Phi) is 6.20. The monoisotopic (exact) mass is 236 g/mol. The van der Waals surface area contributed by atoms with Crippen LogP contribution in [0.5, 0.6) is 0 Å². The number of rotatable bonds is 6. The Labute approximate surface area is 104 Å². The summed E-state index contributed by atoms with van der Waals surface area (Å²) >= 11 is 0. The summed E-state index contributed by atoms with van der Waals surface area (Å²) in [7, 11) is 0. The predicted octanol–water partition coefficient (Wildman–Crippen LogP) is 3.41. The molecule has 0 spiro atoms. The zero-order chi connectivity index (χ0) is 12.7. The van der Waals surface area contributed by atoms with Gasteiger partial charge in [-0.25, -0.2) is 0 Å². The standard InChI is InChI=1S/C15H24O2/c1-12(8-10-13(2)16)9-11-15(17)14-6-4-3-5-7-14/h8,10,13-14,16H,1,3-7,9,11H2,2H3/b10-8+. The van der Waals surface area contributed by atoms with Crippen LogP contribution < -0.4 is 0 Å². The number of carbonyl (C=O) groups excluding carboxylic acids is 1. The summed E-state index contributed by atoms with van der Waals surface area (Å²) < 4.78 is 0. The van der Waals surface area contributed by atoms with E-state index in [1.807, 2.05) is 6.08 Å². The van der Waals surface area contributed by atoms with Crippen LogP contribution in [-0.4, -0.2) is 17.0 Å². The molecule has 1 unspecified atom stereocenters. The van der Waals surface area contributed by atoms with Crippen molar-refractivity contribution >= 4 is 5.78 Å². The summed E-state index contributed by atoms with van der Waals surface area (Å²) in [6.07, 6.45) is 10.3. The van der Waals surface area contributed by atoms with Crippen LogP contribution in [0.3, 0.4) is 0 Å². The van der Waals surface area contributed by atoms with Gasteiger partial charge in [-0.1, -0.05) is 43.6 Å². The van der Waals surface area contributed by atoms with E-state index >= 15 is 0 Å². The van der Waals surface area contributed by atoms with Gasteiger partial charge < -0.3 is 5.11 Å². The molecule has 0 radical (unpaired) electrons. The summed E-state index contributed by atoms with van der Waals surface area (Å²) in [5, 5.41) is 9.09. The van der Waals surface area contributed by atoms with Crippen LogP contribution in [0.4, 0.5) is 0 Å². The second kappa shape index (κ2) is 7.44. The van der Waals surface area contributed by atoms with Crippen LogP contribution in [0.25, 0.3) is 0 Å². The van der Waals surface area contributed by atoms with Crippen LogP contribution in [-0.2, 0) is 4.79 Å². The second-order valence-electron chi connectivity index (χ2n) is 5.06. The van der Waals surface area contributed by atoms with Crippen molar-refractivity contribution in [1.29, 1.82) is 0 Å². The number of hydrogen-bond donors (Lipinski definition) is 1. The molecule has 96 valence electrons. The van der Waals surface area contributed by atoms with Gasteiger partial charge in [-0.2, -0.15) is 0 Å². The maximum atomic E-state index is 11.9. The molecule has 1 atom stereocenters. The molecule has 1 saturated carbocycles. The lowest BCUT2D eigenvalue weighted by Crippen LogP contribution is -2.17. The van der Waals surface area contributed by atoms with Gasteiger partial charge >= 0.3 is 0 Å². The average Bonchev–Trinajstić information content (AvgIpc) is 2.34. The van der Waals surface area contributed by atoms with Crippen molar-refractivity contribution in [3.63, 3.8) is 0 Å². The first-order chi connectivity index (χ1) is 8.09. The first-order valence-corrected chi connectivity index (χ1v) is 6.66. The van der Waals surface area contributed by atoms with Crippen molar-refractivity contribution in [2.24, 2.45) is 5.92 Å². The van der Waals surface area contributed by atoms with Gasteiger partial charge in [-0.15, -0.1) is 0 Å². The van der Waals surface area contributed by atoms with E-state index in [1.165, 1.54) is 19.3 Å². The molecule has 0 bridgehead atoms. The molecule has 1 rings (SSSR count). The molecule has 0 aliphatic heterocycles. The molecule has 0 aromatic heterocycles. The quantitative estimate of drug-likeness (QED) is 0.718. The number of carbonyl (C=O) groups is 1. The third-order valence-corrected chi connectivity index (χ3v) is 3.36. The summed E-state index contributed by atoms with van der Waals surface area (Å²) in [6, 6.07) is 0. The number of allylic oxidation sites excluding steroid dienone is 2. The lowest BCUT2D eigenvalue weighted by atomic mass is 9.84. The van der Waals surface area contributed by atoms with Gasteiger partial charge in [-0.05, 0) is 26.2 Å². The minimum Gasteiger partial charge on any atom is -0.389 e. The number of hydrogen-bond acceptors (Lipinski definition) is 2. The van der Waals surface area contributed by atoms with Gasteiger partial charge in [0.05, 0.1) is 6.10 Å². The van der Waals surface area contributed by atoms with Gasteiger partial charge in [0.2, 0.25) is 0 Å². The molecule has 0 aromatic carbocycles. The Morgan fingerprint density at radius 1 is 1.35 bits per heavy atom. The molecule has 17 heavy (non-hydrogen) atoms. The molecular formula is C15H24O2. The van der Waals surface area contributed by atoms with Crippen LogP contribution in [0.2, 0.25) is 0 Å². The third kappa shape index (κ3) is 5.83. The molecule has 2 heteroatoms. The van der Waals surface area contributed by atoms with E-state index in [2.05, 4.69) is 6.58 Å². The first kappa shape index (κ1) is 14.2. The average molecular weight is 236 g/mol. The van der Waals surface area contributed by atoms with Gasteiger partial charge in [0.15, 0.2) is 0 Å². The topological polar surface area (TPSA) is 37.3 Å². The second-order valence-corrected chi connectivity index (χ2v) is 5.06. The molecular weight excluding hydrogens is 212 g/mol.